The Bertz CT molecular complexity index is 535. The molecule has 0 aliphatic rings. The first-order chi connectivity index (χ1) is 8.72. The van der Waals surface area contributed by atoms with Gasteiger partial charge in [0.15, 0.2) is 0 Å². The van der Waals surface area contributed by atoms with Crippen LogP contribution in [0, 0.1) is 5.92 Å². The van der Waals surface area contributed by atoms with Gasteiger partial charge in [-0.15, -0.1) is 0 Å². The highest BCUT2D eigenvalue weighted by Crippen LogP contribution is 2.24. The molecule has 0 radical (unpaired) electrons. The van der Waals surface area contributed by atoms with Gasteiger partial charge in [0.2, 0.25) is 10.0 Å². The van der Waals surface area contributed by atoms with E-state index in [0.717, 1.165) is 6.42 Å². The molecule has 0 bridgehead atoms. The standard InChI is InChI=1S/C12H16BrCl2NO2S/c1-8(2)5-9(13)7-16-19(17,18)10-3-4-11(14)12(15)6-10/h3-4,6,8-9,16H,5,7H2,1-2H3. The molecule has 7 heteroatoms. The molecule has 1 aromatic carbocycles. The second kappa shape index (κ2) is 7.27. The van der Waals surface area contributed by atoms with E-state index in [1.54, 1.807) is 0 Å². The van der Waals surface area contributed by atoms with E-state index in [4.69, 9.17) is 23.2 Å². The summed E-state index contributed by atoms with van der Waals surface area (Å²) in [4.78, 5) is 0.219. The van der Waals surface area contributed by atoms with Crippen molar-refractivity contribution in [2.24, 2.45) is 5.92 Å². The molecule has 0 aliphatic carbocycles. The van der Waals surface area contributed by atoms with Crippen molar-refractivity contribution >= 4 is 49.2 Å². The molecular weight excluding hydrogens is 373 g/mol. The summed E-state index contributed by atoms with van der Waals surface area (Å²) in [5, 5.41) is 0.556. The van der Waals surface area contributed by atoms with Crippen molar-refractivity contribution < 1.29 is 8.42 Å². The smallest absolute Gasteiger partial charge is 0.210 e. The minimum atomic E-state index is -3.55. The Balaban J connectivity index is 2.73. The lowest BCUT2D eigenvalue weighted by Gasteiger charge is -2.13. The van der Waals surface area contributed by atoms with E-state index >= 15 is 0 Å². The number of sulfonamides is 1. The lowest BCUT2D eigenvalue weighted by atomic mass is 10.1. The van der Waals surface area contributed by atoms with E-state index in [-0.39, 0.29) is 14.7 Å². The average molecular weight is 389 g/mol. The van der Waals surface area contributed by atoms with E-state index in [2.05, 4.69) is 34.5 Å². The molecule has 0 heterocycles. The molecule has 19 heavy (non-hydrogen) atoms. The van der Waals surface area contributed by atoms with E-state index in [9.17, 15) is 8.42 Å². The van der Waals surface area contributed by atoms with Crippen LogP contribution in [0.5, 0.6) is 0 Å². The molecule has 0 aliphatic heterocycles. The van der Waals surface area contributed by atoms with Crippen molar-refractivity contribution in [1.82, 2.24) is 4.72 Å². The van der Waals surface area contributed by atoms with E-state index < -0.39 is 10.0 Å². The summed E-state index contributed by atoms with van der Waals surface area (Å²) in [6, 6.07) is 4.25. The van der Waals surface area contributed by atoms with Gasteiger partial charge in [-0.2, -0.15) is 0 Å². The lowest BCUT2D eigenvalue weighted by Crippen LogP contribution is -2.30. The number of alkyl halides is 1. The summed E-state index contributed by atoms with van der Waals surface area (Å²) in [6.07, 6.45) is 0.893. The molecule has 0 saturated carbocycles. The van der Waals surface area contributed by atoms with Gasteiger partial charge in [-0.3, -0.25) is 0 Å². The molecule has 0 aromatic heterocycles. The van der Waals surface area contributed by atoms with Gasteiger partial charge in [-0.1, -0.05) is 53.0 Å². The zero-order chi connectivity index (χ0) is 14.6. The Hall–Kier alpha value is 0.190. The largest absolute Gasteiger partial charge is 0.240 e. The predicted molar refractivity (Wildman–Crippen MR) is 83.8 cm³/mol. The Morgan fingerprint density at radius 1 is 1.26 bits per heavy atom. The van der Waals surface area contributed by atoms with Gasteiger partial charge in [-0.25, -0.2) is 13.1 Å². The highest BCUT2D eigenvalue weighted by molar-refractivity contribution is 9.09. The Morgan fingerprint density at radius 3 is 2.42 bits per heavy atom. The van der Waals surface area contributed by atoms with Crippen LogP contribution in [0.25, 0.3) is 0 Å². The van der Waals surface area contributed by atoms with Gasteiger partial charge in [-0.05, 0) is 30.5 Å². The molecule has 1 unspecified atom stereocenters. The SMILES string of the molecule is CC(C)CC(Br)CNS(=O)(=O)c1ccc(Cl)c(Cl)c1. The first-order valence-corrected chi connectivity index (χ1v) is 8.96. The average Bonchev–Trinajstić information content (AvgIpc) is 2.29. The molecule has 3 nitrogen and oxygen atoms in total. The van der Waals surface area contributed by atoms with Gasteiger partial charge in [0.1, 0.15) is 0 Å². The molecule has 108 valence electrons. The van der Waals surface area contributed by atoms with Crippen LogP contribution in [0.2, 0.25) is 10.0 Å². The lowest BCUT2D eigenvalue weighted by molar-refractivity contribution is 0.551. The Kier molecular flexibility index (Phi) is 6.60. The van der Waals surface area contributed by atoms with Gasteiger partial charge in [0.05, 0.1) is 14.9 Å². The zero-order valence-electron chi connectivity index (χ0n) is 10.7. The molecule has 0 saturated heterocycles. The minimum Gasteiger partial charge on any atom is -0.210 e. The third-order valence-electron chi connectivity index (χ3n) is 2.42. The normalized spacial score (nSPS) is 13.8. The third-order valence-corrected chi connectivity index (χ3v) is 5.28. The summed E-state index contributed by atoms with van der Waals surface area (Å²) < 4.78 is 26.7. The van der Waals surface area contributed by atoms with Crippen LogP contribution in [0.3, 0.4) is 0 Å². The summed E-state index contributed by atoms with van der Waals surface area (Å²) in [6.45, 7) is 4.50. The summed E-state index contributed by atoms with van der Waals surface area (Å²) in [7, 11) is -3.55. The van der Waals surface area contributed by atoms with E-state index in [1.807, 2.05) is 0 Å². The number of rotatable bonds is 6. The molecule has 1 aromatic rings. The van der Waals surface area contributed by atoms with Gasteiger partial charge in [0.25, 0.3) is 0 Å². The molecule has 1 atom stereocenters. The summed E-state index contributed by atoms with van der Waals surface area (Å²) in [5.74, 6) is 0.499. The maximum Gasteiger partial charge on any atom is 0.240 e. The van der Waals surface area contributed by atoms with Crippen molar-refractivity contribution in [1.29, 1.82) is 0 Å². The van der Waals surface area contributed by atoms with Crippen LogP contribution >= 0.6 is 39.1 Å². The van der Waals surface area contributed by atoms with Crippen LogP contribution in [0.1, 0.15) is 20.3 Å². The molecule has 1 rings (SSSR count). The first kappa shape index (κ1) is 17.2. The Morgan fingerprint density at radius 2 is 1.89 bits per heavy atom. The topological polar surface area (TPSA) is 46.2 Å². The molecular formula is C12H16BrCl2NO2S. The fourth-order valence-electron chi connectivity index (χ4n) is 1.52. The molecule has 0 spiro atoms. The second-order valence-corrected chi connectivity index (χ2v) is 8.53. The molecule has 0 amide bonds. The quantitative estimate of drug-likeness (QED) is 0.746. The molecule has 1 N–H and O–H groups in total. The number of benzene rings is 1. The number of hydrogen-bond acceptors (Lipinski definition) is 2. The van der Waals surface area contributed by atoms with Crippen molar-refractivity contribution in [2.45, 2.75) is 30.0 Å². The van der Waals surface area contributed by atoms with Gasteiger partial charge >= 0.3 is 0 Å². The highest BCUT2D eigenvalue weighted by Gasteiger charge is 2.17. The maximum absolute atomic E-state index is 12.1. The van der Waals surface area contributed by atoms with Crippen molar-refractivity contribution in [2.75, 3.05) is 6.54 Å². The van der Waals surface area contributed by atoms with Crippen LogP contribution in [0.4, 0.5) is 0 Å². The van der Waals surface area contributed by atoms with Crippen LogP contribution < -0.4 is 4.72 Å². The third kappa shape index (κ3) is 5.60. The zero-order valence-corrected chi connectivity index (χ0v) is 14.6. The monoisotopic (exact) mass is 387 g/mol. The van der Waals surface area contributed by atoms with E-state index in [0.29, 0.717) is 17.5 Å². The van der Waals surface area contributed by atoms with Crippen molar-refractivity contribution in [3.8, 4) is 0 Å². The highest BCUT2D eigenvalue weighted by atomic mass is 79.9. The van der Waals surface area contributed by atoms with Crippen LogP contribution in [-0.4, -0.2) is 19.8 Å². The van der Waals surface area contributed by atoms with Crippen molar-refractivity contribution in [3.05, 3.63) is 28.2 Å². The van der Waals surface area contributed by atoms with E-state index in [1.165, 1.54) is 18.2 Å². The second-order valence-electron chi connectivity index (χ2n) is 4.65. The van der Waals surface area contributed by atoms with Gasteiger partial charge in [0, 0.05) is 11.4 Å². The Labute approximate surface area is 132 Å². The number of halogens is 3. The van der Waals surface area contributed by atoms with Crippen LogP contribution in [0.15, 0.2) is 23.1 Å². The van der Waals surface area contributed by atoms with Crippen LogP contribution in [-0.2, 0) is 10.0 Å². The number of nitrogens with one attached hydrogen (secondary N) is 1. The molecule has 0 fully saturated rings. The van der Waals surface area contributed by atoms with Crippen molar-refractivity contribution in [3.63, 3.8) is 0 Å². The maximum atomic E-state index is 12.1. The fourth-order valence-corrected chi connectivity index (χ4v) is 4.12. The summed E-state index contributed by atoms with van der Waals surface area (Å²) in [5.41, 5.74) is 0. The summed E-state index contributed by atoms with van der Waals surface area (Å²) >= 11 is 15.0. The first-order valence-electron chi connectivity index (χ1n) is 5.81. The predicted octanol–water partition coefficient (Wildman–Crippen LogP) is 4.08. The minimum absolute atomic E-state index is 0.102. The number of hydrogen-bond donors (Lipinski definition) is 1. The fraction of sp³-hybridized carbons (Fsp3) is 0.500. The van der Waals surface area contributed by atoms with Gasteiger partial charge < -0.3 is 0 Å².